The lowest BCUT2D eigenvalue weighted by atomic mass is 10.1. The minimum atomic E-state index is -0.258. The van der Waals surface area contributed by atoms with Crippen LogP contribution in [0.1, 0.15) is 24.5 Å². The summed E-state index contributed by atoms with van der Waals surface area (Å²) >= 11 is 0. The van der Waals surface area contributed by atoms with Gasteiger partial charge >= 0.3 is 0 Å². The summed E-state index contributed by atoms with van der Waals surface area (Å²) in [4.78, 5) is 25.0. The van der Waals surface area contributed by atoms with Crippen molar-refractivity contribution in [2.75, 3.05) is 29.2 Å². The van der Waals surface area contributed by atoms with Gasteiger partial charge in [-0.3, -0.25) is 4.79 Å². The number of likely N-dealkylation sites (N-methyl/N-ethyl adjacent to an activating group) is 2. The van der Waals surface area contributed by atoms with E-state index < -0.39 is 0 Å². The Balaban J connectivity index is 1.37. The maximum atomic E-state index is 13.0. The molecule has 1 aliphatic heterocycles. The van der Waals surface area contributed by atoms with Crippen molar-refractivity contribution in [2.24, 2.45) is 0 Å². The summed E-state index contributed by atoms with van der Waals surface area (Å²) in [5, 5.41) is 3.24. The topological polar surface area (TPSA) is 70.6 Å². The minimum absolute atomic E-state index is 0.0496. The van der Waals surface area contributed by atoms with Crippen molar-refractivity contribution in [1.29, 1.82) is 0 Å². The second kappa shape index (κ2) is 9.21. The fourth-order valence-corrected chi connectivity index (χ4v) is 3.68. The van der Waals surface area contributed by atoms with Crippen LogP contribution < -0.4 is 19.9 Å². The van der Waals surface area contributed by atoms with Gasteiger partial charge in [0, 0.05) is 20.6 Å². The van der Waals surface area contributed by atoms with E-state index in [1.165, 1.54) is 12.1 Å². The van der Waals surface area contributed by atoms with Crippen LogP contribution in [-0.4, -0.2) is 36.0 Å². The Morgan fingerprint density at radius 3 is 2.44 bits per heavy atom. The third kappa shape index (κ3) is 4.49. The second-order valence-corrected chi connectivity index (χ2v) is 7.75. The quantitative estimate of drug-likeness (QED) is 0.605. The van der Waals surface area contributed by atoms with Crippen LogP contribution >= 0.6 is 0 Å². The van der Waals surface area contributed by atoms with Crippen molar-refractivity contribution in [3.8, 4) is 5.75 Å². The van der Waals surface area contributed by atoms with Crippen LogP contribution in [0.2, 0.25) is 0 Å². The Hall–Kier alpha value is -3.68. The van der Waals surface area contributed by atoms with Gasteiger partial charge in [0.15, 0.2) is 5.82 Å². The molecule has 0 saturated carbocycles. The largest absolute Gasteiger partial charge is 0.489 e. The molecular formula is C24H26FN5O2. The molecule has 0 radical (unpaired) electrons. The second-order valence-electron chi connectivity index (χ2n) is 7.75. The van der Waals surface area contributed by atoms with Crippen LogP contribution in [0, 0.1) is 5.82 Å². The van der Waals surface area contributed by atoms with Crippen molar-refractivity contribution in [3.05, 3.63) is 71.7 Å². The smallest absolute Gasteiger partial charge is 0.249 e. The predicted octanol–water partition coefficient (Wildman–Crippen LogP) is 4.00. The van der Waals surface area contributed by atoms with Crippen molar-refractivity contribution in [2.45, 2.75) is 32.5 Å². The molecule has 1 aromatic heterocycles. The number of nitrogens with zero attached hydrogens (tertiary/aromatic N) is 4. The Morgan fingerprint density at radius 2 is 1.75 bits per heavy atom. The van der Waals surface area contributed by atoms with Gasteiger partial charge in [-0.05, 0) is 41.8 Å². The average molecular weight is 436 g/mol. The highest BCUT2D eigenvalue weighted by atomic mass is 19.1. The maximum absolute atomic E-state index is 13.0. The molecule has 4 rings (SSSR count). The molecule has 8 heteroatoms. The zero-order valence-corrected chi connectivity index (χ0v) is 18.4. The summed E-state index contributed by atoms with van der Waals surface area (Å²) in [6.45, 7) is 2.92. The highest BCUT2D eigenvalue weighted by molar-refractivity contribution is 6.04. The van der Waals surface area contributed by atoms with E-state index in [9.17, 15) is 9.18 Å². The first kappa shape index (κ1) is 21.5. The van der Waals surface area contributed by atoms with E-state index in [1.54, 1.807) is 30.3 Å². The molecule has 1 aliphatic rings. The monoisotopic (exact) mass is 435 g/mol. The number of anilines is 3. The van der Waals surface area contributed by atoms with Gasteiger partial charge < -0.3 is 19.9 Å². The molecule has 0 aliphatic carbocycles. The first-order valence-electron chi connectivity index (χ1n) is 10.5. The van der Waals surface area contributed by atoms with Crippen LogP contribution in [0.15, 0.2) is 54.7 Å². The number of amides is 1. The molecule has 166 valence electrons. The molecule has 0 saturated heterocycles. The van der Waals surface area contributed by atoms with Gasteiger partial charge in [-0.15, -0.1) is 0 Å². The van der Waals surface area contributed by atoms with Crippen LogP contribution in [0.4, 0.5) is 21.8 Å². The fraction of sp³-hybridized carbons (Fsp3) is 0.292. The number of rotatable bonds is 7. The zero-order chi connectivity index (χ0) is 22.7. The van der Waals surface area contributed by atoms with Crippen molar-refractivity contribution < 1.29 is 13.9 Å². The summed E-state index contributed by atoms with van der Waals surface area (Å²) in [5.74, 6) is 1.77. The molecule has 0 spiro atoms. The van der Waals surface area contributed by atoms with Crippen molar-refractivity contribution in [1.82, 2.24) is 9.97 Å². The third-order valence-electron chi connectivity index (χ3n) is 5.61. The van der Waals surface area contributed by atoms with E-state index in [0.29, 0.717) is 31.2 Å². The summed E-state index contributed by atoms with van der Waals surface area (Å²) in [6.07, 6.45) is 2.39. The van der Waals surface area contributed by atoms with Gasteiger partial charge in [-0.1, -0.05) is 31.2 Å². The number of fused-ring (bicyclic) bond motifs is 1. The minimum Gasteiger partial charge on any atom is -0.489 e. The number of carbonyl (C=O) groups is 1. The van der Waals surface area contributed by atoms with Crippen LogP contribution in [0.25, 0.3) is 0 Å². The van der Waals surface area contributed by atoms with Gasteiger partial charge in [0.1, 0.15) is 29.9 Å². The number of benzene rings is 2. The molecule has 32 heavy (non-hydrogen) atoms. The predicted molar refractivity (Wildman–Crippen MR) is 122 cm³/mol. The molecule has 0 bridgehead atoms. The first-order chi connectivity index (χ1) is 15.5. The molecule has 2 heterocycles. The number of nitrogens with one attached hydrogen (secondary N) is 1. The molecule has 1 atom stereocenters. The lowest BCUT2D eigenvalue weighted by Gasteiger charge is -2.37. The molecule has 3 aromatic rings. The number of ether oxygens (including phenoxy) is 1. The van der Waals surface area contributed by atoms with Crippen LogP contribution in [0.3, 0.4) is 0 Å². The summed E-state index contributed by atoms with van der Waals surface area (Å²) < 4.78 is 18.7. The Bertz CT molecular complexity index is 1090. The van der Waals surface area contributed by atoms with Crippen molar-refractivity contribution in [3.63, 3.8) is 0 Å². The summed E-state index contributed by atoms with van der Waals surface area (Å²) in [5.41, 5.74) is 2.66. The highest BCUT2D eigenvalue weighted by Crippen LogP contribution is 2.33. The van der Waals surface area contributed by atoms with Crippen LogP contribution in [-0.2, 0) is 17.9 Å². The summed E-state index contributed by atoms with van der Waals surface area (Å²) in [6, 6.07) is 13.8. The van der Waals surface area contributed by atoms with E-state index in [2.05, 4.69) is 15.3 Å². The number of carbonyl (C=O) groups excluding carboxylic acids is 1. The normalized spacial score (nSPS) is 15.5. The molecule has 1 unspecified atom stereocenters. The molecule has 2 aromatic carbocycles. The van der Waals surface area contributed by atoms with Gasteiger partial charge in [0.05, 0.1) is 6.20 Å². The van der Waals surface area contributed by atoms with E-state index >= 15 is 0 Å². The Labute approximate surface area is 186 Å². The van der Waals surface area contributed by atoms with E-state index in [1.807, 2.05) is 43.1 Å². The van der Waals surface area contributed by atoms with Gasteiger partial charge in [-0.2, -0.15) is 4.98 Å². The van der Waals surface area contributed by atoms with Gasteiger partial charge in [-0.25, -0.2) is 9.37 Å². The molecule has 1 amide bonds. The van der Waals surface area contributed by atoms with Gasteiger partial charge in [0.2, 0.25) is 11.9 Å². The lowest BCUT2D eigenvalue weighted by Crippen LogP contribution is -2.50. The van der Waals surface area contributed by atoms with Crippen LogP contribution in [0.5, 0.6) is 5.75 Å². The van der Waals surface area contributed by atoms with E-state index in [0.717, 1.165) is 22.7 Å². The first-order valence-corrected chi connectivity index (χ1v) is 10.5. The zero-order valence-electron chi connectivity index (χ0n) is 18.4. The number of halogens is 1. The number of hydrogen-bond acceptors (Lipinski definition) is 6. The number of hydrogen-bond donors (Lipinski definition) is 1. The van der Waals surface area contributed by atoms with Gasteiger partial charge in [0.25, 0.3) is 0 Å². The maximum Gasteiger partial charge on any atom is 0.249 e. The molecule has 1 N–H and O–H groups in total. The highest BCUT2D eigenvalue weighted by Gasteiger charge is 2.34. The average Bonchev–Trinajstić information content (AvgIpc) is 2.82. The standard InChI is InChI=1S/C24H26FN5O2/c1-4-20-23(31)30(3)21-14-27-24(28-22(21)29(20)2)26-13-16-7-11-19(12-8-16)32-15-17-5-9-18(25)10-6-17/h5-12,14,20H,4,13,15H2,1-3H3,(H,26,27,28). The molecule has 7 nitrogen and oxygen atoms in total. The molecule has 0 fully saturated rings. The molecular weight excluding hydrogens is 409 g/mol. The van der Waals surface area contributed by atoms with Crippen molar-refractivity contribution >= 4 is 23.4 Å². The number of aromatic nitrogens is 2. The van der Waals surface area contributed by atoms with E-state index in [4.69, 9.17) is 4.74 Å². The van der Waals surface area contributed by atoms with E-state index in [-0.39, 0.29) is 17.8 Å². The Kier molecular flexibility index (Phi) is 6.20. The third-order valence-corrected chi connectivity index (χ3v) is 5.61. The SMILES string of the molecule is CCC1C(=O)N(C)c2cnc(NCc3ccc(OCc4ccc(F)cc4)cc3)nc2N1C. The Morgan fingerprint density at radius 1 is 1.06 bits per heavy atom. The summed E-state index contributed by atoms with van der Waals surface area (Å²) in [7, 11) is 3.65. The fourth-order valence-electron chi connectivity index (χ4n) is 3.68. The lowest BCUT2D eigenvalue weighted by molar-refractivity contribution is -0.119.